The monoisotopic (exact) mass is 605 g/mol. The maximum Gasteiger partial charge on any atom is 0.262 e. The second kappa shape index (κ2) is 13.1. The van der Waals surface area contributed by atoms with E-state index in [9.17, 15) is 24.3 Å². The molecule has 4 amide bonds. The number of hydrogen-bond donors (Lipinski definition) is 2. The highest BCUT2D eigenvalue weighted by Crippen LogP contribution is 2.35. The van der Waals surface area contributed by atoms with Gasteiger partial charge in [-0.2, -0.15) is 0 Å². The zero-order valence-electron chi connectivity index (χ0n) is 25.6. The summed E-state index contributed by atoms with van der Waals surface area (Å²) in [5.74, 6) is -2.21. The number of para-hydroxylation sites is 1. The van der Waals surface area contributed by atoms with Gasteiger partial charge in [-0.05, 0) is 66.8 Å². The van der Waals surface area contributed by atoms with Gasteiger partial charge < -0.3 is 20.1 Å². The molecular formula is C36H35N3O6. The first-order valence-corrected chi connectivity index (χ1v) is 14.7. The maximum absolute atomic E-state index is 14.8. The Kier molecular flexibility index (Phi) is 8.99. The molecule has 2 unspecified atom stereocenters. The van der Waals surface area contributed by atoms with Gasteiger partial charge >= 0.3 is 0 Å². The van der Waals surface area contributed by atoms with Gasteiger partial charge in [-0.1, -0.05) is 73.7 Å². The second-order valence-electron chi connectivity index (χ2n) is 11.0. The molecule has 2 N–H and O–H groups in total. The molecule has 2 atom stereocenters. The van der Waals surface area contributed by atoms with Crippen LogP contribution >= 0.6 is 0 Å². The Balaban J connectivity index is 1.64. The lowest BCUT2D eigenvalue weighted by molar-refractivity contribution is -0.143. The molecule has 0 saturated heterocycles. The number of ether oxygens (including phenoxy) is 1. The van der Waals surface area contributed by atoms with E-state index in [4.69, 9.17) is 4.74 Å². The van der Waals surface area contributed by atoms with Gasteiger partial charge in [0.1, 0.15) is 12.1 Å². The van der Waals surface area contributed by atoms with Crippen LogP contribution in [0.15, 0.2) is 91.0 Å². The minimum Gasteiger partial charge on any atom is -0.504 e. The molecule has 0 spiro atoms. The highest BCUT2D eigenvalue weighted by atomic mass is 16.5. The van der Waals surface area contributed by atoms with Crippen molar-refractivity contribution in [1.82, 2.24) is 9.80 Å². The van der Waals surface area contributed by atoms with Gasteiger partial charge in [0.15, 0.2) is 11.5 Å². The fourth-order valence-electron chi connectivity index (χ4n) is 5.77. The summed E-state index contributed by atoms with van der Waals surface area (Å²) in [5, 5.41) is 13.4. The van der Waals surface area contributed by atoms with Gasteiger partial charge in [-0.15, -0.1) is 0 Å². The zero-order valence-corrected chi connectivity index (χ0v) is 25.6. The summed E-state index contributed by atoms with van der Waals surface area (Å²) in [5.41, 5.74) is 3.85. The molecule has 1 heterocycles. The maximum atomic E-state index is 14.8. The number of aryl methyl sites for hydroxylation is 2. The number of hydrogen-bond acceptors (Lipinski definition) is 6. The van der Waals surface area contributed by atoms with E-state index in [1.807, 2.05) is 62.4 Å². The normalized spacial score (nSPS) is 13.6. The Morgan fingerprint density at radius 1 is 0.867 bits per heavy atom. The number of carbonyl (C=O) groups is 4. The van der Waals surface area contributed by atoms with E-state index in [2.05, 4.69) is 5.32 Å². The highest BCUT2D eigenvalue weighted by molar-refractivity contribution is 6.23. The van der Waals surface area contributed by atoms with Crippen molar-refractivity contribution in [1.29, 1.82) is 0 Å². The van der Waals surface area contributed by atoms with Crippen molar-refractivity contribution < 1.29 is 29.0 Å². The first-order chi connectivity index (χ1) is 21.7. The molecule has 0 saturated carbocycles. The number of imide groups is 1. The van der Waals surface area contributed by atoms with Crippen molar-refractivity contribution >= 4 is 29.3 Å². The van der Waals surface area contributed by atoms with E-state index in [0.29, 0.717) is 11.3 Å². The van der Waals surface area contributed by atoms with Crippen LogP contribution in [0.4, 0.5) is 5.69 Å². The Bertz CT molecular complexity index is 1710. The van der Waals surface area contributed by atoms with Crippen LogP contribution in [0.1, 0.15) is 62.4 Å². The molecule has 5 rings (SSSR count). The smallest absolute Gasteiger partial charge is 0.262 e. The SMILES string of the molecule is CCC(C(=O)N(Cc1ccccc1)C(C(=O)Nc1c(C)cccc1C)c1ccc(O)c(OC)c1)N1C(=O)c2ccccc2C1=O. The first kappa shape index (κ1) is 31.0. The standard InChI is InChI=1S/C36H35N3O6/c1-5-28(39-34(42)26-16-9-10-17-27(26)35(39)43)36(44)38(21-24-14-7-6-8-15-24)32(25-18-19-29(40)30(20-25)45-4)33(41)37-31-22(2)12-11-13-23(31)3/h6-20,28,32,40H,5,21H2,1-4H3,(H,37,41). The summed E-state index contributed by atoms with van der Waals surface area (Å²) in [7, 11) is 1.40. The van der Waals surface area contributed by atoms with E-state index >= 15 is 0 Å². The van der Waals surface area contributed by atoms with E-state index in [0.717, 1.165) is 21.6 Å². The van der Waals surface area contributed by atoms with Gasteiger partial charge in [0.25, 0.3) is 17.7 Å². The molecule has 0 aromatic heterocycles. The molecule has 0 bridgehead atoms. The zero-order chi connectivity index (χ0) is 32.2. The summed E-state index contributed by atoms with van der Waals surface area (Å²) in [6.07, 6.45) is 0.125. The van der Waals surface area contributed by atoms with Crippen LogP contribution in [-0.4, -0.2) is 51.7 Å². The van der Waals surface area contributed by atoms with Crippen LogP contribution in [-0.2, 0) is 16.1 Å². The fraction of sp³-hybridized carbons (Fsp3) is 0.222. The third-order valence-electron chi connectivity index (χ3n) is 8.10. The van der Waals surface area contributed by atoms with Crippen molar-refractivity contribution in [2.75, 3.05) is 12.4 Å². The average Bonchev–Trinajstić information content (AvgIpc) is 3.29. The Labute approximate surface area is 262 Å². The topological polar surface area (TPSA) is 116 Å². The molecule has 9 nitrogen and oxygen atoms in total. The summed E-state index contributed by atoms with van der Waals surface area (Å²) < 4.78 is 5.36. The lowest BCUT2D eigenvalue weighted by Gasteiger charge is -2.36. The molecule has 0 aliphatic carbocycles. The molecule has 0 radical (unpaired) electrons. The van der Waals surface area contributed by atoms with Crippen LogP contribution < -0.4 is 10.1 Å². The molecule has 4 aromatic carbocycles. The van der Waals surface area contributed by atoms with Gasteiger partial charge in [-0.3, -0.25) is 24.1 Å². The van der Waals surface area contributed by atoms with Crippen LogP contribution in [0.5, 0.6) is 11.5 Å². The summed E-state index contributed by atoms with van der Waals surface area (Å²) in [6.45, 7) is 5.47. The quantitative estimate of drug-likeness (QED) is 0.221. The van der Waals surface area contributed by atoms with Crippen molar-refractivity contribution in [3.63, 3.8) is 0 Å². The van der Waals surface area contributed by atoms with Gasteiger partial charge in [-0.25, -0.2) is 0 Å². The number of anilines is 1. The van der Waals surface area contributed by atoms with E-state index in [1.165, 1.54) is 24.1 Å². The number of benzene rings is 4. The predicted molar refractivity (Wildman–Crippen MR) is 170 cm³/mol. The van der Waals surface area contributed by atoms with Crippen LogP contribution in [0.2, 0.25) is 0 Å². The van der Waals surface area contributed by atoms with E-state index in [1.54, 1.807) is 37.3 Å². The lowest BCUT2D eigenvalue weighted by Crippen LogP contribution is -2.53. The molecule has 45 heavy (non-hydrogen) atoms. The molecule has 9 heteroatoms. The number of amides is 4. The Morgan fingerprint density at radius 3 is 2.04 bits per heavy atom. The van der Waals surface area contributed by atoms with Gasteiger partial charge in [0.2, 0.25) is 5.91 Å². The number of nitrogens with one attached hydrogen (secondary N) is 1. The molecule has 4 aromatic rings. The summed E-state index contributed by atoms with van der Waals surface area (Å²) in [4.78, 5) is 58.6. The Morgan fingerprint density at radius 2 is 1.47 bits per heavy atom. The molecule has 1 aliphatic rings. The van der Waals surface area contributed by atoms with Gasteiger partial charge in [0.05, 0.1) is 18.2 Å². The van der Waals surface area contributed by atoms with E-state index in [-0.39, 0.29) is 35.6 Å². The number of aromatic hydroxyl groups is 1. The van der Waals surface area contributed by atoms with Crippen LogP contribution in [0.3, 0.4) is 0 Å². The molecule has 1 aliphatic heterocycles. The lowest BCUT2D eigenvalue weighted by atomic mass is 9.99. The number of nitrogens with zero attached hydrogens (tertiary/aromatic N) is 2. The van der Waals surface area contributed by atoms with Crippen molar-refractivity contribution in [2.45, 2.75) is 45.8 Å². The highest BCUT2D eigenvalue weighted by Gasteiger charge is 2.45. The number of fused-ring (bicyclic) bond motifs is 1. The average molecular weight is 606 g/mol. The largest absolute Gasteiger partial charge is 0.504 e. The first-order valence-electron chi connectivity index (χ1n) is 14.7. The number of rotatable bonds is 10. The van der Waals surface area contributed by atoms with Crippen molar-refractivity contribution in [2.24, 2.45) is 0 Å². The summed E-state index contributed by atoms with van der Waals surface area (Å²) >= 11 is 0. The molecular weight excluding hydrogens is 570 g/mol. The van der Waals surface area contributed by atoms with E-state index < -0.39 is 35.7 Å². The second-order valence-corrected chi connectivity index (χ2v) is 11.0. The van der Waals surface area contributed by atoms with Crippen molar-refractivity contribution in [3.8, 4) is 11.5 Å². The van der Waals surface area contributed by atoms with Crippen molar-refractivity contribution in [3.05, 3.63) is 124 Å². The van der Waals surface area contributed by atoms with Gasteiger partial charge in [0, 0.05) is 12.2 Å². The number of phenolic OH excluding ortho intramolecular Hbond substituents is 1. The minimum atomic E-state index is -1.24. The third kappa shape index (κ3) is 6.02. The number of carbonyl (C=O) groups excluding carboxylic acids is 4. The van der Waals surface area contributed by atoms with Crippen LogP contribution in [0, 0.1) is 13.8 Å². The number of methoxy groups -OCH3 is 1. The summed E-state index contributed by atoms with van der Waals surface area (Å²) in [6, 6.07) is 23.3. The minimum absolute atomic E-state index is 0.00657. The Hall–Kier alpha value is -5.44. The molecule has 0 fully saturated rings. The van der Waals surface area contributed by atoms with Crippen LogP contribution in [0.25, 0.3) is 0 Å². The fourth-order valence-corrected chi connectivity index (χ4v) is 5.77. The number of phenols is 1. The third-order valence-corrected chi connectivity index (χ3v) is 8.10. The predicted octanol–water partition coefficient (Wildman–Crippen LogP) is 5.80. The molecule has 230 valence electrons.